The first-order chi connectivity index (χ1) is 22.8. The van der Waals surface area contributed by atoms with Gasteiger partial charge in [0.2, 0.25) is 0 Å². The van der Waals surface area contributed by atoms with Crippen molar-refractivity contribution in [2.75, 3.05) is 0 Å². The minimum Gasteiger partial charge on any atom is -0.464 e. The highest BCUT2D eigenvalue weighted by molar-refractivity contribution is 6.09. The van der Waals surface area contributed by atoms with Crippen molar-refractivity contribution in [3.63, 3.8) is 0 Å². The molecule has 0 saturated carbocycles. The quantitative estimate of drug-likeness (QED) is 0.200. The molecule has 3 heterocycles. The highest BCUT2D eigenvalue weighted by Gasteiger charge is 2.22. The molecule has 0 radical (unpaired) electrons. The topological polar surface area (TPSA) is 30.4 Å². The lowest BCUT2D eigenvalue weighted by Crippen LogP contribution is -1.96. The summed E-state index contributed by atoms with van der Waals surface area (Å²) in [6.45, 7) is 0. The zero-order valence-corrected chi connectivity index (χ0v) is 25.0. The number of nitrogens with zero attached hydrogens (tertiary/aromatic N) is 2. The number of rotatable bonds is 5. The number of furan rings is 1. The maximum atomic E-state index is 5.81. The predicted octanol–water partition coefficient (Wildman–Crippen LogP) is 11.6. The second-order valence-electron chi connectivity index (χ2n) is 11.6. The highest BCUT2D eigenvalue weighted by Crippen LogP contribution is 2.42. The van der Waals surface area contributed by atoms with Gasteiger partial charge in [-0.05, 0) is 57.1 Å². The summed E-state index contributed by atoms with van der Waals surface area (Å²) >= 11 is 0. The molecule has 0 spiro atoms. The van der Waals surface area contributed by atoms with E-state index in [0.29, 0.717) is 0 Å². The Morgan fingerprint density at radius 1 is 0.457 bits per heavy atom. The molecular weight excluding hydrogens is 560 g/mol. The van der Waals surface area contributed by atoms with Gasteiger partial charge in [-0.2, -0.15) is 5.10 Å². The van der Waals surface area contributed by atoms with Crippen LogP contribution in [0.15, 0.2) is 174 Å². The number of aromatic nitrogens is 2. The summed E-state index contributed by atoms with van der Waals surface area (Å²) in [6.07, 6.45) is 1.72. The van der Waals surface area contributed by atoms with Crippen molar-refractivity contribution >= 4 is 27.1 Å². The van der Waals surface area contributed by atoms with Crippen LogP contribution in [-0.2, 0) is 0 Å². The Morgan fingerprint density at radius 2 is 1.15 bits per heavy atom. The van der Waals surface area contributed by atoms with Crippen LogP contribution >= 0.6 is 0 Å². The fraction of sp³-hybridized carbons (Fsp3) is 0. The van der Waals surface area contributed by atoms with E-state index in [-0.39, 0.29) is 0 Å². The van der Waals surface area contributed by atoms with Crippen molar-refractivity contribution in [3.05, 3.63) is 170 Å². The second kappa shape index (κ2) is 10.8. The molecule has 0 N–H and O–H groups in total. The van der Waals surface area contributed by atoms with Crippen LogP contribution in [0.25, 0.3) is 83.2 Å². The van der Waals surface area contributed by atoms with Crippen LogP contribution in [0, 0.1) is 0 Å². The minimum atomic E-state index is 0.845. The van der Waals surface area contributed by atoms with Gasteiger partial charge in [-0.1, -0.05) is 140 Å². The monoisotopic (exact) mass is 588 g/mol. The van der Waals surface area contributed by atoms with Gasteiger partial charge in [0.25, 0.3) is 0 Å². The maximum absolute atomic E-state index is 5.81. The van der Waals surface area contributed by atoms with Gasteiger partial charge in [0.1, 0.15) is 11.5 Å². The smallest absolute Gasteiger partial charge is 0.133 e. The maximum Gasteiger partial charge on any atom is 0.133 e. The van der Waals surface area contributed by atoms with Crippen LogP contribution in [0.3, 0.4) is 0 Å². The van der Waals surface area contributed by atoms with E-state index in [0.717, 1.165) is 61.3 Å². The molecule has 6 aromatic carbocycles. The Kier molecular flexibility index (Phi) is 6.14. The molecule has 0 unspecified atom stereocenters. The van der Waals surface area contributed by atoms with E-state index < -0.39 is 0 Å². The third kappa shape index (κ3) is 4.33. The third-order valence-electron chi connectivity index (χ3n) is 8.91. The Balaban J connectivity index is 1.33. The average molecular weight is 589 g/mol. The van der Waals surface area contributed by atoms with E-state index in [1.54, 1.807) is 6.26 Å². The minimum absolute atomic E-state index is 0.845. The summed E-state index contributed by atoms with van der Waals surface area (Å²) in [5, 5.41) is 10.2. The summed E-state index contributed by atoms with van der Waals surface area (Å²) < 4.78 is 7.95. The lowest BCUT2D eigenvalue weighted by atomic mass is 9.94. The Morgan fingerprint density at radius 3 is 1.93 bits per heavy atom. The Hall–Kier alpha value is -6.19. The SMILES string of the molecule is c1ccc(-c2c(-c3ccc(-c4cccc5ccccc45)cc3)nn3c(-c4ccccc4)cc4ccc(-c5ccco5)cc4c23)cc1. The lowest BCUT2D eigenvalue weighted by molar-refractivity contribution is 0.582. The zero-order valence-electron chi connectivity index (χ0n) is 25.0. The fourth-order valence-corrected chi connectivity index (χ4v) is 6.71. The Labute approximate surface area is 266 Å². The number of benzene rings is 6. The van der Waals surface area contributed by atoms with Crippen molar-refractivity contribution in [1.29, 1.82) is 0 Å². The molecule has 0 amide bonds. The van der Waals surface area contributed by atoms with E-state index in [1.165, 1.54) is 21.9 Å². The number of hydrogen-bond donors (Lipinski definition) is 0. The summed E-state index contributed by atoms with van der Waals surface area (Å²) in [5.74, 6) is 0.845. The van der Waals surface area contributed by atoms with Crippen molar-refractivity contribution in [2.45, 2.75) is 0 Å². The molecule has 0 aliphatic rings. The summed E-state index contributed by atoms with van der Waals surface area (Å²) in [7, 11) is 0. The number of pyridine rings is 1. The van der Waals surface area contributed by atoms with Gasteiger partial charge in [0.15, 0.2) is 0 Å². The van der Waals surface area contributed by atoms with Gasteiger partial charge in [0.05, 0.1) is 17.5 Å². The van der Waals surface area contributed by atoms with Crippen molar-refractivity contribution < 1.29 is 4.42 Å². The van der Waals surface area contributed by atoms with Gasteiger partial charge in [-0.15, -0.1) is 0 Å². The molecule has 0 atom stereocenters. The molecule has 9 aromatic rings. The summed E-state index contributed by atoms with van der Waals surface area (Å²) in [4.78, 5) is 0. The molecule has 0 bridgehead atoms. The van der Waals surface area contributed by atoms with Gasteiger partial charge >= 0.3 is 0 Å². The van der Waals surface area contributed by atoms with Crippen LogP contribution in [-0.4, -0.2) is 9.61 Å². The van der Waals surface area contributed by atoms with E-state index in [1.807, 2.05) is 12.1 Å². The lowest BCUT2D eigenvalue weighted by Gasteiger charge is -2.12. The average Bonchev–Trinajstić information content (AvgIpc) is 3.81. The summed E-state index contributed by atoms with van der Waals surface area (Å²) in [5.41, 5.74) is 10.9. The molecule has 3 aromatic heterocycles. The van der Waals surface area contributed by atoms with Gasteiger partial charge in [-0.3, -0.25) is 0 Å². The molecular formula is C43H28N2O. The molecule has 0 saturated heterocycles. The standard InChI is InChI=1S/C43H28N2O/c1-3-12-31(13-4-1)39-28-34-24-25-35(40-19-10-26-46-40)27-38(34)43-41(32-14-5-2-6-15-32)42(44-45(39)43)33-22-20-30(21-23-33)37-18-9-16-29-11-7-8-17-36(29)37/h1-28H. The van der Waals surface area contributed by atoms with Gasteiger partial charge < -0.3 is 4.42 Å². The van der Waals surface area contributed by atoms with E-state index in [4.69, 9.17) is 9.52 Å². The normalized spacial score (nSPS) is 11.5. The molecule has 216 valence electrons. The third-order valence-corrected chi connectivity index (χ3v) is 8.91. The van der Waals surface area contributed by atoms with Crippen LogP contribution in [0.1, 0.15) is 0 Å². The van der Waals surface area contributed by atoms with E-state index in [2.05, 4.69) is 156 Å². The molecule has 9 rings (SSSR count). The summed E-state index contributed by atoms with van der Waals surface area (Å²) in [6, 6.07) is 57.9. The first-order valence-corrected chi connectivity index (χ1v) is 15.5. The van der Waals surface area contributed by atoms with Crippen molar-refractivity contribution in [3.8, 4) is 56.1 Å². The molecule has 0 aliphatic heterocycles. The first kappa shape index (κ1) is 26.2. The van der Waals surface area contributed by atoms with E-state index >= 15 is 0 Å². The highest BCUT2D eigenvalue weighted by atomic mass is 16.3. The Bertz CT molecular complexity index is 2490. The van der Waals surface area contributed by atoms with Gasteiger partial charge in [0, 0.05) is 27.6 Å². The van der Waals surface area contributed by atoms with Crippen LogP contribution in [0.2, 0.25) is 0 Å². The number of hydrogen-bond acceptors (Lipinski definition) is 2. The second-order valence-corrected chi connectivity index (χ2v) is 11.6. The zero-order chi connectivity index (χ0) is 30.5. The van der Waals surface area contributed by atoms with Crippen molar-refractivity contribution in [1.82, 2.24) is 9.61 Å². The molecule has 46 heavy (non-hydrogen) atoms. The molecule has 3 heteroatoms. The largest absolute Gasteiger partial charge is 0.464 e. The molecule has 0 fully saturated rings. The van der Waals surface area contributed by atoms with Gasteiger partial charge in [-0.25, -0.2) is 4.52 Å². The fourth-order valence-electron chi connectivity index (χ4n) is 6.71. The van der Waals surface area contributed by atoms with Crippen LogP contribution in [0.5, 0.6) is 0 Å². The molecule has 3 nitrogen and oxygen atoms in total. The number of fused-ring (bicyclic) bond motifs is 4. The van der Waals surface area contributed by atoms with Crippen LogP contribution in [0.4, 0.5) is 0 Å². The molecule has 0 aliphatic carbocycles. The van der Waals surface area contributed by atoms with E-state index in [9.17, 15) is 0 Å². The first-order valence-electron chi connectivity index (χ1n) is 15.5. The van der Waals surface area contributed by atoms with Crippen molar-refractivity contribution in [2.24, 2.45) is 0 Å². The predicted molar refractivity (Wildman–Crippen MR) is 190 cm³/mol. The van der Waals surface area contributed by atoms with Crippen LogP contribution < -0.4 is 0 Å².